The summed E-state index contributed by atoms with van der Waals surface area (Å²) in [4.78, 5) is 14.4. The zero-order valence-electron chi connectivity index (χ0n) is 12.7. The second-order valence-corrected chi connectivity index (χ2v) is 5.26. The molecule has 0 saturated carbocycles. The van der Waals surface area contributed by atoms with Crippen molar-refractivity contribution in [3.05, 3.63) is 34.9 Å². The smallest absolute Gasteiger partial charge is 0.253 e. The van der Waals surface area contributed by atoms with E-state index < -0.39 is 0 Å². The molecule has 1 amide bonds. The van der Waals surface area contributed by atoms with Crippen LogP contribution in [0.4, 0.5) is 0 Å². The summed E-state index contributed by atoms with van der Waals surface area (Å²) in [5.74, 6) is 5.94. The summed E-state index contributed by atoms with van der Waals surface area (Å²) in [6, 6.07) is 5.65. The van der Waals surface area contributed by atoms with Crippen molar-refractivity contribution >= 4 is 5.91 Å². The van der Waals surface area contributed by atoms with E-state index in [0.29, 0.717) is 6.54 Å². The van der Waals surface area contributed by atoms with Crippen LogP contribution in [-0.2, 0) is 4.74 Å². The van der Waals surface area contributed by atoms with Gasteiger partial charge >= 0.3 is 0 Å². The van der Waals surface area contributed by atoms with Crippen molar-refractivity contribution in [3.8, 4) is 11.8 Å². The molecule has 2 N–H and O–H groups in total. The van der Waals surface area contributed by atoms with Crippen molar-refractivity contribution in [3.63, 3.8) is 0 Å². The fourth-order valence-electron chi connectivity index (χ4n) is 2.56. The van der Waals surface area contributed by atoms with Crippen molar-refractivity contribution in [1.29, 1.82) is 0 Å². The van der Waals surface area contributed by atoms with Gasteiger partial charge in [-0.25, -0.2) is 0 Å². The van der Waals surface area contributed by atoms with Crippen LogP contribution < -0.4 is 5.73 Å². The molecule has 1 aliphatic heterocycles. The number of carbonyl (C=O) groups is 1. The van der Waals surface area contributed by atoms with Crippen LogP contribution in [0.3, 0.4) is 0 Å². The maximum absolute atomic E-state index is 12.5. The molecule has 0 atom stereocenters. The highest BCUT2D eigenvalue weighted by Crippen LogP contribution is 2.17. The van der Waals surface area contributed by atoms with Crippen LogP contribution in [0.2, 0.25) is 0 Å². The van der Waals surface area contributed by atoms with Crippen LogP contribution in [0.25, 0.3) is 0 Å². The topological polar surface area (TPSA) is 55.6 Å². The Labute approximate surface area is 126 Å². The Morgan fingerprint density at radius 1 is 1.43 bits per heavy atom. The molecule has 2 rings (SSSR count). The molecule has 0 unspecified atom stereocenters. The number of rotatable bonds is 2. The number of ether oxygens (including phenoxy) is 1. The summed E-state index contributed by atoms with van der Waals surface area (Å²) in [5.41, 5.74) is 8.04. The first kappa shape index (κ1) is 15.6. The molecular weight excluding hydrogens is 264 g/mol. The summed E-state index contributed by atoms with van der Waals surface area (Å²) >= 11 is 0. The molecule has 1 aromatic rings. The fraction of sp³-hybridized carbons (Fsp3) is 0.471. The normalized spacial score (nSPS) is 15.5. The summed E-state index contributed by atoms with van der Waals surface area (Å²) in [5, 5.41) is 0. The van der Waals surface area contributed by atoms with Gasteiger partial charge < -0.3 is 15.4 Å². The zero-order valence-corrected chi connectivity index (χ0v) is 12.7. The number of piperidine rings is 1. The fourth-order valence-corrected chi connectivity index (χ4v) is 2.56. The van der Waals surface area contributed by atoms with E-state index in [4.69, 9.17) is 10.5 Å². The zero-order chi connectivity index (χ0) is 15.2. The van der Waals surface area contributed by atoms with Crippen LogP contribution in [0, 0.1) is 18.8 Å². The van der Waals surface area contributed by atoms with Gasteiger partial charge in [0.25, 0.3) is 5.91 Å². The van der Waals surface area contributed by atoms with Crippen LogP contribution in [0.15, 0.2) is 18.2 Å². The second-order valence-electron chi connectivity index (χ2n) is 5.26. The minimum Gasteiger partial charge on any atom is -0.381 e. The molecule has 1 saturated heterocycles. The van der Waals surface area contributed by atoms with Gasteiger partial charge in [0.2, 0.25) is 0 Å². The first-order chi connectivity index (χ1) is 10.2. The average molecular weight is 286 g/mol. The average Bonchev–Trinajstić information content (AvgIpc) is 2.53. The van der Waals surface area contributed by atoms with Gasteiger partial charge in [-0.1, -0.05) is 11.8 Å². The van der Waals surface area contributed by atoms with Crippen LogP contribution in [-0.4, -0.2) is 43.7 Å². The lowest BCUT2D eigenvalue weighted by molar-refractivity contribution is 0.0350. The number of hydrogen-bond acceptors (Lipinski definition) is 3. The largest absolute Gasteiger partial charge is 0.381 e. The predicted molar refractivity (Wildman–Crippen MR) is 83.0 cm³/mol. The number of hydrogen-bond donors (Lipinski definition) is 1. The van der Waals surface area contributed by atoms with E-state index in [9.17, 15) is 4.79 Å². The number of benzene rings is 1. The van der Waals surface area contributed by atoms with E-state index in [-0.39, 0.29) is 12.0 Å². The van der Waals surface area contributed by atoms with Gasteiger partial charge in [-0.3, -0.25) is 4.79 Å². The van der Waals surface area contributed by atoms with Gasteiger partial charge in [0.15, 0.2) is 0 Å². The quantitative estimate of drug-likeness (QED) is 0.839. The Kier molecular flexibility index (Phi) is 5.38. The molecule has 1 fully saturated rings. The molecular formula is C17H22N2O2. The number of carbonyl (C=O) groups excluding carboxylic acids is 1. The molecule has 112 valence electrons. The SMILES string of the molecule is COC1CCN(C(=O)c2ccc(C#CCN)c(C)c2)CC1. The van der Waals surface area contributed by atoms with E-state index in [0.717, 1.165) is 42.6 Å². The Hall–Kier alpha value is -1.83. The van der Waals surface area contributed by atoms with E-state index in [1.165, 1.54) is 0 Å². The lowest BCUT2D eigenvalue weighted by Gasteiger charge is -2.31. The lowest BCUT2D eigenvalue weighted by Crippen LogP contribution is -2.40. The third-order valence-electron chi connectivity index (χ3n) is 3.86. The molecule has 4 nitrogen and oxygen atoms in total. The van der Waals surface area contributed by atoms with Gasteiger partial charge in [0, 0.05) is 31.3 Å². The minimum absolute atomic E-state index is 0.0889. The number of methoxy groups -OCH3 is 1. The number of likely N-dealkylation sites (tertiary alicyclic amines) is 1. The van der Waals surface area contributed by atoms with Crippen molar-refractivity contribution in [1.82, 2.24) is 4.90 Å². The molecule has 4 heteroatoms. The monoisotopic (exact) mass is 286 g/mol. The summed E-state index contributed by atoms with van der Waals surface area (Å²) in [6.45, 7) is 3.82. The van der Waals surface area contributed by atoms with E-state index >= 15 is 0 Å². The molecule has 0 radical (unpaired) electrons. The third kappa shape index (κ3) is 3.84. The molecule has 0 aliphatic carbocycles. The van der Waals surface area contributed by atoms with Gasteiger partial charge in [0.05, 0.1) is 12.6 Å². The number of amides is 1. The summed E-state index contributed by atoms with van der Waals surface area (Å²) in [6.07, 6.45) is 2.09. The van der Waals surface area contributed by atoms with Gasteiger partial charge in [0.1, 0.15) is 0 Å². The molecule has 1 aliphatic rings. The van der Waals surface area contributed by atoms with E-state index in [1.54, 1.807) is 7.11 Å². The van der Waals surface area contributed by atoms with Crippen LogP contribution in [0.5, 0.6) is 0 Å². The van der Waals surface area contributed by atoms with Crippen LogP contribution >= 0.6 is 0 Å². The minimum atomic E-state index is 0.0889. The maximum Gasteiger partial charge on any atom is 0.253 e. The van der Waals surface area contributed by atoms with Crippen molar-refractivity contribution in [2.24, 2.45) is 5.73 Å². The highest BCUT2D eigenvalue weighted by molar-refractivity contribution is 5.94. The molecule has 0 bridgehead atoms. The van der Waals surface area contributed by atoms with E-state index in [2.05, 4.69) is 11.8 Å². The van der Waals surface area contributed by atoms with E-state index in [1.807, 2.05) is 30.0 Å². The Morgan fingerprint density at radius 3 is 2.71 bits per heavy atom. The van der Waals surface area contributed by atoms with Crippen molar-refractivity contribution in [2.75, 3.05) is 26.7 Å². The summed E-state index contributed by atoms with van der Waals surface area (Å²) < 4.78 is 5.33. The highest BCUT2D eigenvalue weighted by Gasteiger charge is 2.23. The van der Waals surface area contributed by atoms with Crippen LogP contribution in [0.1, 0.15) is 34.3 Å². The highest BCUT2D eigenvalue weighted by atomic mass is 16.5. The maximum atomic E-state index is 12.5. The standard InChI is InChI=1S/C17H22N2O2/c1-13-12-15(6-5-14(13)4-3-9-18)17(20)19-10-7-16(21-2)8-11-19/h5-6,12,16H,7-11,18H2,1-2H3. The summed E-state index contributed by atoms with van der Waals surface area (Å²) in [7, 11) is 1.73. The molecule has 0 aromatic heterocycles. The first-order valence-electron chi connectivity index (χ1n) is 7.27. The Balaban J connectivity index is 2.08. The first-order valence-corrected chi connectivity index (χ1v) is 7.27. The van der Waals surface area contributed by atoms with Gasteiger partial charge in [-0.05, 0) is 43.5 Å². The second kappa shape index (κ2) is 7.26. The third-order valence-corrected chi connectivity index (χ3v) is 3.86. The molecule has 1 heterocycles. The molecule has 21 heavy (non-hydrogen) atoms. The van der Waals surface area contributed by atoms with Crippen molar-refractivity contribution < 1.29 is 9.53 Å². The number of aryl methyl sites for hydroxylation is 1. The molecule has 1 aromatic carbocycles. The predicted octanol–water partition coefficient (Wildman–Crippen LogP) is 1.56. The Bertz CT molecular complexity index is 564. The Morgan fingerprint density at radius 2 is 2.14 bits per heavy atom. The number of nitrogens with two attached hydrogens (primary N) is 1. The number of nitrogens with zero attached hydrogens (tertiary/aromatic N) is 1. The molecule has 0 spiro atoms. The van der Waals surface area contributed by atoms with Gasteiger partial charge in [-0.2, -0.15) is 0 Å². The van der Waals surface area contributed by atoms with Gasteiger partial charge in [-0.15, -0.1) is 0 Å². The lowest BCUT2D eigenvalue weighted by atomic mass is 10.0. The van der Waals surface area contributed by atoms with Crippen molar-refractivity contribution in [2.45, 2.75) is 25.9 Å².